The summed E-state index contributed by atoms with van der Waals surface area (Å²) in [5, 5.41) is 3.77. The number of carbonyl (C=O) groups excluding carboxylic acids is 2. The number of hydrogen-bond acceptors (Lipinski definition) is 7. The van der Waals surface area contributed by atoms with Crippen molar-refractivity contribution in [2.24, 2.45) is 0 Å². The Morgan fingerprint density at radius 1 is 1.19 bits per heavy atom. The van der Waals surface area contributed by atoms with Gasteiger partial charge in [0.1, 0.15) is 4.88 Å². The number of nitrogens with zero attached hydrogens (tertiary/aromatic N) is 1. The van der Waals surface area contributed by atoms with Crippen LogP contribution in [0, 0.1) is 0 Å². The molecule has 1 N–H and O–H groups in total. The van der Waals surface area contributed by atoms with E-state index in [0.29, 0.717) is 37.8 Å². The highest BCUT2D eigenvalue weighted by Crippen LogP contribution is 2.51. The first kappa shape index (κ1) is 20.8. The van der Waals surface area contributed by atoms with Gasteiger partial charge in [0.2, 0.25) is 12.7 Å². The molecule has 3 aromatic rings. The van der Waals surface area contributed by atoms with Gasteiger partial charge in [0.15, 0.2) is 16.6 Å². The Morgan fingerprint density at radius 3 is 2.75 bits per heavy atom. The second kappa shape index (κ2) is 8.11. The van der Waals surface area contributed by atoms with Crippen LogP contribution in [0.25, 0.3) is 11.3 Å². The summed E-state index contributed by atoms with van der Waals surface area (Å²) in [6.07, 6.45) is 1.44. The maximum atomic E-state index is 13.3. The highest BCUT2D eigenvalue weighted by molar-refractivity contribution is 7.18. The van der Waals surface area contributed by atoms with Crippen LogP contribution < -0.4 is 14.8 Å². The molecule has 1 aromatic heterocycles. The molecule has 164 valence electrons. The Labute approximate surface area is 193 Å². The lowest BCUT2D eigenvalue weighted by Gasteiger charge is -2.15. The lowest BCUT2D eigenvalue weighted by Crippen LogP contribution is -2.27. The molecule has 9 heteroatoms. The van der Waals surface area contributed by atoms with Crippen molar-refractivity contribution in [1.29, 1.82) is 0 Å². The first-order chi connectivity index (χ1) is 15.5. The van der Waals surface area contributed by atoms with Crippen molar-refractivity contribution in [3.63, 3.8) is 0 Å². The van der Waals surface area contributed by atoms with Gasteiger partial charge in [-0.3, -0.25) is 4.79 Å². The molecule has 1 saturated carbocycles. The number of esters is 1. The third-order valence-electron chi connectivity index (χ3n) is 5.52. The average molecular weight is 471 g/mol. The zero-order chi connectivity index (χ0) is 22.3. The molecule has 0 spiro atoms. The van der Waals surface area contributed by atoms with Crippen molar-refractivity contribution < 1.29 is 23.8 Å². The number of aromatic nitrogens is 1. The van der Waals surface area contributed by atoms with E-state index in [-0.39, 0.29) is 19.3 Å². The summed E-state index contributed by atoms with van der Waals surface area (Å²) >= 11 is 7.22. The van der Waals surface area contributed by atoms with Crippen LogP contribution in [-0.2, 0) is 14.9 Å². The van der Waals surface area contributed by atoms with E-state index in [0.717, 1.165) is 29.7 Å². The van der Waals surface area contributed by atoms with Gasteiger partial charge in [-0.15, -0.1) is 0 Å². The number of rotatable bonds is 6. The summed E-state index contributed by atoms with van der Waals surface area (Å²) in [5.74, 6) is 0.661. The lowest BCUT2D eigenvalue weighted by molar-refractivity contribution is -0.118. The van der Waals surface area contributed by atoms with Crippen LogP contribution >= 0.6 is 22.9 Å². The van der Waals surface area contributed by atoms with E-state index in [1.54, 1.807) is 25.1 Å². The number of ether oxygens (including phenoxy) is 3. The van der Waals surface area contributed by atoms with Crippen LogP contribution in [0.2, 0.25) is 5.02 Å². The standard InChI is InChI=1S/C23H19ClN2O5S/c1-2-29-20(27)19-18(13-4-3-5-15(24)10-13)25-22(32-19)26-21(28)23(8-9-23)14-6-7-16-17(11-14)31-12-30-16/h3-7,10-11H,2,8-9,12H2,1H3,(H,25,26,28). The highest BCUT2D eigenvalue weighted by Gasteiger charge is 2.52. The summed E-state index contributed by atoms with van der Waals surface area (Å²) in [7, 11) is 0. The number of carbonyl (C=O) groups is 2. The normalized spacial score (nSPS) is 15.3. The van der Waals surface area contributed by atoms with Gasteiger partial charge in [0.05, 0.1) is 17.7 Å². The molecule has 1 aliphatic carbocycles. The van der Waals surface area contributed by atoms with Crippen molar-refractivity contribution in [2.75, 3.05) is 18.7 Å². The first-order valence-electron chi connectivity index (χ1n) is 10.2. The molecular formula is C23H19ClN2O5S. The molecule has 1 amide bonds. The molecule has 7 nitrogen and oxygen atoms in total. The van der Waals surface area contributed by atoms with Gasteiger partial charge >= 0.3 is 5.97 Å². The SMILES string of the molecule is CCOC(=O)c1sc(NC(=O)C2(c3ccc4c(c3)OCO4)CC2)nc1-c1cccc(Cl)c1. The molecule has 0 saturated heterocycles. The number of thiazole rings is 1. The molecule has 2 aromatic carbocycles. The molecular weight excluding hydrogens is 452 g/mol. The zero-order valence-corrected chi connectivity index (χ0v) is 18.7. The fourth-order valence-corrected chi connectivity index (χ4v) is 4.79. The summed E-state index contributed by atoms with van der Waals surface area (Å²) in [6.45, 7) is 2.16. The van der Waals surface area contributed by atoms with E-state index in [4.69, 9.17) is 25.8 Å². The zero-order valence-electron chi connectivity index (χ0n) is 17.1. The van der Waals surface area contributed by atoms with Crippen LogP contribution in [-0.4, -0.2) is 30.3 Å². The third-order valence-corrected chi connectivity index (χ3v) is 6.70. The van der Waals surface area contributed by atoms with Crippen LogP contribution in [0.4, 0.5) is 5.13 Å². The number of amides is 1. The summed E-state index contributed by atoms with van der Waals surface area (Å²) in [4.78, 5) is 30.6. The summed E-state index contributed by atoms with van der Waals surface area (Å²) in [5.41, 5.74) is 1.33. The van der Waals surface area contributed by atoms with Gasteiger partial charge in [-0.2, -0.15) is 0 Å². The van der Waals surface area contributed by atoms with E-state index < -0.39 is 11.4 Å². The number of nitrogens with one attached hydrogen (secondary N) is 1. The van der Waals surface area contributed by atoms with E-state index in [1.807, 2.05) is 24.3 Å². The van der Waals surface area contributed by atoms with Gasteiger partial charge in [-0.05, 0) is 49.6 Å². The minimum Gasteiger partial charge on any atom is -0.462 e. The summed E-state index contributed by atoms with van der Waals surface area (Å²) in [6, 6.07) is 12.6. The largest absolute Gasteiger partial charge is 0.462 e. The van der Waals surface area contributed by atoms with E-state index >= 15 is 0 Å². The third kappa shape index (κ3) is 3.69. The average Bonchev–Trinajstić information content (AvgIpc) is 3.27. The quantitative estimate of drug-likeness (QED) is 0.508. The topological polar surface area (TPSA) is 86.8 Å². The van der Waals surface area contributed by atoms with Gasteiger partial charge in [0.25, 0.3) is 0 Å². The van der Waals surface area contributed by atoms with E-state index in [2.05, 4.69) is 10.3 Å². The minimum absolute atomic E-state index is 0.168. The van der Waals surface area contributed by atoms with Crippen LogP contribution in [0.1, 0.15) is 35.0 Å². The van der Waals surface area contributed by atoms with E-state index in [9.17, 15) is 9.59 Å². The van der Waals surface area contributed by atoms with Gasteiger partial charge in [-0.25, -0.2) is 9.78 Å². The number of halogens is 1. The first-order valence-corrected chi connectivity index (χ1v) is 11.3. The van der Waals surface area contributed by atoms with Crippen LogP contribution in [0.15, 0.2) is 42.5 Å². The highest BCUT2D eigenvalue weighted by atomic mass is 35.5. The Morgan fingerprint density at radius 2 is 2.00 bits per heavy atom. The lowest BCUT2D eigenvalue weighted by atomic mass is 9.94. The second-order valence-corrected chi connectivity index (χ2v) is 8.97. The fourth-order valence-electron chi connectivity index (χ4n) is 3.72. The molecule has 32 heavy (non-hydrogen) atoms. The molecule has 0 unspecified atom stereocenters. The van der Waals surface area contributed by atoms with Gasteiger partial charge < -0.3 is 19.5 Å². The van der Waals surface area contributed by atoms with Gasteiger partial charge in [-0.1, -0.05) is 41.1 Å². The number of anilines is 1. The summed E-state index contributed by atoms with van der Waals surface area (Å²) < 4.78 is 16.0. The van der Waals surface area contributed by atoms with Crippen molar-refractivity contribution in [1.82, 2.24) is 4.98 Å². The van der Waals surface area contributed by atoms with Crippen molar-refractivity contribution in [2.45, 2.75) is 25.2 Å². The minimum atomic E-state index is -0.646. The smallest absolute Gasteiger partial charge is 0.350 e. The molecule has 5 rings (SSSR count). The Balaban J connectivity index is 1.44. The second-order valence-electron chi connectivity index (χ2n) is 7.53. The van der Waals surface area contributed by atoms with E-state index in [1.165, 1.54) is 0 Å². The molecule has 1 aliphatic heterocycles. The molecule has 0 atom stereocenters. The predicted octanol–water partition coefficient (Wildman–Crippen LogP) is 5.04. The fraction of sp³-hybridized carbons (Fsp3) is 0.261. The predicted molar refractivity (Wildman–Crippen MR) is 121 cm³/mol. The molecule has 2 heterocycles. The molecule has 1 fully saturated rings. The molecule has 2 aliphatic rings. The Kier molecular flexibility index (Phi) is 5.27. The number of fused-ring (bicyclic) bond motifs is 1. The Bertz CT molecular complexity index is 1220. The van der Waals surface area contributed by atoms with Crippen molar-refractivity contribution in [3.8, 4) is 22.8 Å². The van der Waals surface area contributed by atoms with Gasteiger partial charge in [0, 0.05) is 10.6 Å². The van der Waals surface area contributed by atoms with Crippen molar-refractivity contribution in [3.05, 3.63) is 57.9 Å². The molecule has 0 radical (unpaired) electrons. The number of hydrogen-bond donors (Lipinski definition) is 1. The maximum absolute atomic E-state index is 13.3. The Hall–Kier alpha value is -3.10. The maximum Gasteiger partial charge on any atom is 0.350 e. The van der Waals surface area contributed by atoms with Crippen LogP contribution in [0.5, 0.6) is 11.5 Å². The monoisotopic (exact) mass is 470 g/mol. The van der Waals surface area contributed by atoms with Crippen molar-refractivity contribution >= 4 is 39.9 Å². The molecule has 0 bridgehead atoms. The number of benzene rings is 2. The van der Waals surface area contributed by atoms with Crippen LogP contribution in [0.3, 0.4) is 0 Å².